The fourth-order valence-corrected chi connectivity index (χ4v) is 3.79. The van der Waals surface area contributed by atoms with Crippen molar-refractivity contribution in [3.05, 3.63) is 76.2 Å². The van der Waals surface area contributed by atoms with Gasteiger partial charge in [-0.15, -0.1) is 0 Å². The summed E-state index contributed by atoms with van der Waals surface area (Å²) in [6, 6.07) is 16.6. The molecular formula is C20H21N5O3. The van der Waals surface area contributed by atoms with Crippen molar-refractivity contribution in [2.75, 3.05) is 19.6 Å². The molecule has 8 heteroatoms. The summed E-state index contributed by atoms with van der Waals surface area (Å²) < 4.78 is 5.39. The van der Waals surface area contributed by atoms with Gasteiger partial charge in [0.15, 0.2) is 0 Å². The molecule has 1 fully saturated rings. The maximum Gasteiger partial charge on any atom is 0.270 e. The minimum atomic E-state index is -0.439. The van der Waals surface area contributed by atoms with Crippen LogP contribution >= 0.6 is 0 Å². The first kappa shape index (κ1) is 18.3. The summed E-state index contributed by atoms with van der Waals surface area (Å²) in [4.78, 5) is 17.2. The Bertz CT molecular complexity index is 959. The third kappa shape index (κ3) is 3.78. The van der Waals surface area contributed by atoms with Crippen molar-refractivity contribution < 1.29 is 9.45 Å². The lowest BCUT2D eigenvalue weighted by Gasteiger charge is -2.16. The predicted molar refractivity (Wildman–Crippen MR) is 103 cm³/mol. The summed E-state index contributed by atoms with van der Waals surface area (Å²) in [5.41, 5.74) is 7.86. The number of hydrogen-bond donors (Lipinski definition) is 1. The minimum Gasteiger partial charge on any atom is -0.338 e. The van der Waals surface area contributed by atoms with Crippen molar-refractivity contribution in [3.8, 4) is 11.4 Å². The van der Waals surface area contributed by atoms with Crippen LogP contribution in [0.15, 0.2) is 59.1 Å². The molecule has 4 rings (SSSR count). The lowest BCUT2D eigenvalue weighted by atomic mass is 9.89. The highest BCUT2D eigenvalue weighted by Gasteiger charge is 2.33. The van der Waals surface area contributed by atoms with E-state index in [0.717, 1.165) is 13.1 Å². The van der Waals surface area contributed by atoms with Crippen LogP contribution in [0.5, 0.6) is 0 Å². The summed E-state index contributed by atoms with van der Waals surface area (Å²) >= 11 is 0. The van der Waals surface area contributed by atoms with Gasteiger partial charge in [-0.1, -0.05) is 47.6 Å². The molecule has 0 unspecified atom stereocenters. The van der Waals surface area contributed by atoms with Crippen LogP contribution in [0.1, 0.15) is 17.4 Å². The molecule has 8 nitrogen and oxygen atoms in total. The first-order chi connectivity index (χ1) is 13.6. The molecule has 144 valence electrons. The van der Waals surface area contributed by atoms with Gasteiger partial charge in [-0.2, -0.15) is 4.98 Å². The van der Waals surface area contributed by atoms with Gasteiger partial charge in [0.05, 0.1) is 11.5 Å². The van der Waals surface area contributed by atoms with Crippen molar-refractivity contribution >= 4 is 5.69 Å². The first-order valence-electron chi connectivity index (χ1n) is 9.19. The number of nitrogens with zero attached hydrogens (tertiary/aromatic N) is 4. The fourth-order valence-electron chi connectivity index (χ4n) is 3.79. The van der Waals surface area contributed by atoms with Crippen molar-refractivity contribution in [2.24, 2.45) is 11.7 Å². The number of nitro groups is 1. The SMILES string of the molecule is NC[C@@H]1CN(Cc2nc(-c3cccc([N+](=O)[O-])c3)no2)C[C@H]1c1ccccc1. The summed E-state index contributed by atoms with van der Waals surface area (Å²) in [6.07, 6.45) is 0. The van der Waals surface area contributed by atoms with E-state index in [2.05, 4.69) is 39.3 Å². The molecule has 1 aliphatic heterocycles. The van der Waals surface area contributed by atoms with E-state index < -0.39 is 4.92 Å². The van der Waals surface area contributed by atoms with Crippen LogP contribution in [-0.4, -0.2) is 39.6 Å². The molecule has 28 heavy (non-hydrogen) atoms. The number of nitro benzene ring substituents is 1. The summed E-state index contributed by atoms with van der Waals surface area (Å²) in [5.74, 6) is 1.60. The van der Waals surface area contributed by atoms with Gasteiger partial charge in [0.2, 0.25) is 11.7 Å². The molecule has 0 bridgehead atoms. The highest BCUT2D eigenvalue weighted by atomic mass is 16.6. The first-order valence-corrected chi connectivity index (χ1v) is 9.19. The molecule has 1 saturated heterocycles. The van der Waals surface area contributed by atoms with E-state index in [9.17, 15) is 10.1 Å². The molecule has 1 aromatic heterocycles. The Labute approximate surface area is 162 Å². The molecule has 0 amide bonds. The van der Waals surface area contributed by atoms with E-state index in [1.54, 1.807) is 12.1 Å². The van der Waals surface area contributed by atoms with E-state index >= 15 is 0 Å². The van der Waals surface area contributed by atoms with E-state index in [4.69, 9.17) is 10.3 Å². The zero-order chi connectivity index (χ0) is 19.5. The maximum atomic E-state index is 11.0. The van der Waals surface area contributed by atoms with Crippen LogP contribution < -0.4 is 5.73 Å². The summed E-state index contributed by atoms with van der Waals surface area (Å²) in [5, 5.41) is 14.9. The van der Waals surface area contributed by atoms with Crippen LogP contribution in [0.2, 0.25) is 0 Å². The second kappa shape index (κ2) is 7.87. The second-order valence-corrected chi connectivity index (χ2v) is 7.03. The molecular weight excluding hydrogens is 358 g/mol. The highest BCUT2D eigenvalue weighted by molar-refractivity contribution is 5.58. The molecule has 0 spiro atoms. The number of nitrogens with two attached hydrogens (primary N) is 1. The minimum absolute atomic E-state index is 0.000108. The number of rotatable bonds is 6. The molecule has 0 radical (unpaired) electrons. The number of benzene rings is 2. The average Bonchev–Trinajstić information content (AvgIpc) is 3.36. The Balaban J connectivity index is 1.47. The predicted octanol–water partition coefficient (Wildman–Crippen LogP) is 2.82. The molecule has 1 aliphatic rings. The van der Waals surface area contributed by atoms with Gasteiger partial charge in [0.1, 0.15) is 0 Å². The normalized spacial score (nSPS) is 19.8. The third-order valence-corrected chi connectivity index (χ3v) is 5.19. The number of likely N-dealkylation sites (tertiary alicyclic amines) is 1. The van der Waals surface area contributed by atoms with Gasteiger partial charge in [-0.05, 0) is 18.0 Å². The van der Waals surface area contributed by atoms with Crippen molar-refractivity contribution in [1.82, 2.24) is 15.0 Å². The lowest BCUT2D eigenvalue weighted by molar-refractivity contribution is -0.384. The van der Waals surface area contributed by atoms with Crippen molar-refractivity contribution in [2.45, 2.75) is 12.5 Å². The average molecular weight is 379 g/mol. The second-order valence-electron chi connectivity index (χ2n) is 7.03. The molecule has 0 saturated carbocycles. The van der Waals surface area contributed by atoms with Gasteiger partial charge in [0.25, 0.3) is 5.69 Å². The maximum absolute atomic E-state index is 11.0. The Morgan fingerprint density at radius 2 is 2.00 bits per heavy atom. The van der Waals surface area contributed by atoms with Crippen LogP contribution in [-0.2, 0) is 6.54 Å². The molecule has 3 aromatic rings. The zero-order valence-corrected chi connectivity index (χ0v) is 15.3. The smallest absolute Gasteiger partial charge is 0.270 e. The van der Waals surface area contributed by atoms with Crippen molar-refractivity contribution in [1.29, 1.82) is 0 Å². The Morgan fingerprint density at radius 1 is 1.18 bits per heavy atom. The monoisotopic (exact) mass is 379 g/mol. The quantitative estimate of drug-likeness (QED) is 0.518. The number of hydrogen-bond acceptors (Lipinski definition) is 7. The lowest BCUT2D eigenvalue weighted by Crippen LogP contribution is -2.23. The Morgan fingerprint density at radius 3 is 2.75 bits per heavy atom. The zero-order valence-electron chi connectivity index (χ0n) is 15.3. The standard InChI is InChI=1S/C20H21N5O3/c21-10-16-11-24(12-18(16)14-5-2-1-3-6-14)13-19-22-20(23-28-19)15-7-4-8-17(9-15)25(26)27/h1-9,16,18H,10-13,21H2/t16-,18+/m1/s1. The van der Waals surface area contributed by atoms with E-state index in [1.807, 2.05) is 6.07 Å². The van der Waals surface area contributed by atoms with E-state index in [-0.39, 0.29) is 5.69 Å². The molecule has 2 atom stereocenters. The third-order valence-electron chi connectivity index (χ3n) is 5.19. The molecule has 2 heterocycles. The van der Waals surface area contributed by atoms with Crippen LogP contribution in [0.25, 0.3) is 11.4 Å². The fraction of sp³-hybridized carbons (Fsp3) is 0.300. The molecule has 2 aromatic carbocycles. The highest BCUT2D eigenvalue weighted by Crippen LogP contribution is 2.32. The Hall–Kier alpha value is -3.10. The molecule has 0 aliphatic carbocycles. The van der Waals surface area contributed by atoms with E-state index in [0.29, 0.717) is 42.2 Å². The molecule has 2 N–H and O–H groups in total. The number of non-ortho nitro benzene ring substituents is 1. The van der Waals surface area contributed by atoms with Crippen molar-refractivity contribution in [3.63, 3.8) is 0 Å². The number of aromatic nitrogens is 2. The van der Waals surface area contributed by atoms with Gasteiger partial charge in [-0.3, -0.25) is 15.0 Å². The van der Waals surface area contributed by atoms with E-state index in [1.165, 1.54) is 17.7 Å². The van der Waals surface area contributed by atoms with Gasteiger partial charge < -0.3 is 10.3 Å². The van der Waals surface area contributed by atoms with Crippen LogP contribution in [0, 0.1) is 16.0 Å². The van der Waals surface area contributed by atoms with Crippen LogP contribution in [0.3, 0.4) is 0 Å². The van der Waals surface area contributed by atoms with Crippen LogP contribution in [0.4, 0.5) is 5.69 Å². The Kier molecular flexibility index (Phi) is 5.14. The van der Waals surface area contributed by atoms with Gasteiger partial charge in [-0.25, -0.2) is 0 Å². The van der Waals surface area contributed by atoms with Gasteiger partial charge >= 0.3 is 0 Å². The topological polar surface area (TPSA) is 111 Å². The largest absolute Gasteiger partial charge is 0.338 e. The summed E-state index contributed by atoms with van der Waals surface area (Å²) in [7, 11) is 0. The summed E-state index contributed by atoms with van der Waals surface area (Å²) in [6.45, 7) is 2.89. The van der Waals surface area contributed by atoms with Gasteiger partial charge in [0, 0.05) is 36.7 Å².